The molecule has 1 atom stereocenters. The zero-order chi connectivity index (χ0) is 31.9. The highest BCUT2D eigenvalue weighted by atomic mass is 16.3. The van der Waals surface area contributed by atoms with Gasteiger partial charge in [-0.05, 0) is 42.8 Å². The number of nitrogens with zero attached hydrogens (tertiary/aromatic N) is 3. The molecule has 0 saturated carbocycles. The Kier molecular flexibility index (Phi) is 5.65. The summed E-state index contributed by atoms with van der Waals surface area (Å²) in [7, 11) is 0. The topological polar surface area (TPSA) is 46.8 Å². The minimum atomic E-state index is 0.298. The van der Waals surface area contributed by atoms with Gasteiger partial charge in [0, 0.05) is 60.9 Å². The second kappa shape index (κ2) is 10.1. The van der Waals surface area contributed by atoms with Gasteiger partial charge in [0.2, 0.25) is 0 Å². The predicted octanol–water partition coefficient (Wildman–Crippen LogP) is 11.7. The zero-order valence-corrected chi connectivity index (χ0v) is 26.3. The summed E-state index contributed by atoms with van der Waals surface area (Å²) < 4.78 is 11.8. The first-order chi connectivity index (χ1) is 23.7. The van der Waals surface area contributed by atoms with Crippen LogP contribution in [0, 0.1) is 11.3 Å². The summed E-state index contributed by atoms with van der Waals surface area (Å²) >= 11 is 0. The molecular weight excluding hydrogens is 587 g/mol. The molecule has 4 nitrogen and oxygen atoms in total. The molecule has 0 spiro atoms. The molecule has 1 unspecified atom stereocenters. The first-order valence-corrected chi connectivity index (χ1v) is 16.5. The Morgan fingerprint density at radius 1 is 0.625 bits per heavy atom. The molecule has 9 aromatic rings. The van der Waals surface area contributed by atoms with E-state index in [9.17, 15) is 5.26 Å². The summed E-state index contributed by atoms with van der Waals surface area (Å²) in [5, 5.41) is 16.3. The number of aromatic nitrogens is 2. The standard InChI is InChI=1S/C44H29N3O/c1-27-12-9-18-32-30-16-6-8-23-39(30)47(40(27)32)41-28(26-45)13-10-19-33(41)35-20-11-21-36-37-25-24-34-31-17-5-7-22-38(31)46(29-14-3-2-4-15-29)42(34)44(37)48-43(35)36/h2-11,13-25,27H,12H2,1H3. The highest BCUT2D eigenvalue weighted by Crippen LogP contribution is 2.46. The Morgan fingerprint density at radius 2 is 1.29 bits per heavy atom. The van der Waals surface area contributed by atoms with E-state index in [4.69, 9.17) is 4.42 Å². The van der Waals surface area contributed by atoms with Crippen LogP contribution in [0.1, 0.15) is 36.1 Å². The van der Waals surface area contributed by atoms with Crippen LogP contribution in [0.5, 0.6) is 0 Å². The van der Waals surface area contributed by atoms with Crippen molar-refractivity contribution in [3.63, 3.8) is 0 Å². The van der Waals surface area contributed by atoms with E-state index in [1.54, 1.807) is 0 Å². The van der Waals surface area contributed by atoms with Crippen LogP contribution in [0.3, 0.4) is 0 Å². The minimum Gasteiger partial charge on any atom is -0.453 e. The third-order valence-corrected chi connectivity index (χ3v) is 10.2. The highest BCUT2D eigenvalue weighted by Gasteiger charge is 2.27. The molecule has 0 amide bonds. The van der Waals surface area contributed by atoms with Crippen molar-refractivity contribution in [1.29, 1.82) is 5.26 Å². The van der Waals surface area contributed by atoms with E-state index in [0.29, 0.717) is 11.5 Å². The van der Waals surface area contributed by atoms with E-state index in [1.807, 2.05) is 12.1 Å². The lowest BCUT2D eigenvalue weighted by atomic mass is 9.92. The summed E-state index contributed by atoms with van der Waals surface area (Å²) in [5.74, 6) is 0.298. The summed E-state index contributed by atoms with van der Waals surface area (Å²) in [5.41, 5.74) is 12.0. The van der Waals surface area contributed by atoms with Crippen LogP contribution in [-0.2, 0) is 0 Å². The van der Waals surface area contributed by atoms with E-state index < -0.39 is 0 Å². The molecule has 48 heavy (non-hydrogen) atoms. The Hall–Kier alpha value is -6.31. The van der Waals surface area contributed by atoms with Gasteiger partial charge in [0.25, 0.3) is 0 Å². The zero-order valence-electron chi connectivity index (χ0n) is 26.3. The van der Waals surface area contributed by atoms with Crippen LogP contribution in [-0.4, -0.2) is 9.13 Å². The lowest BCUT2D eigenvalue weighted by molar-refractivity contribution is 0.672. The van der Waals surface area contributed by atoms with Crippen LogP contribution in [0.15, 0.2) is 138 Å². The van der Waals surface area contributed by atoms with E-state index in [2.05, 4.69) is 150 Å². The van der Waals surface area contributed by atoms with Gasteiger partial charge in [0.1, 0.15) is 11.7 Å². The Balaban J connectivity index is 1.32. The van der Waals surface area contributed by atoms with Gasteiger partial charge >= 0.3 is 0 Å². The molecule has 1 aliphatic rings. The number of hydrogen-bond donors (Lipinski definition) is 0. The molecule has 1 aliphatic carbocycles. The van der Waals surface area contributed by atoms with Crippen molar-refractivity contribution in [3.05, 3.63) is 150 Å². The molecule has 10 rings (SSSR count). The fraction of sp³-hybridized carbons (Fsp3) is 0.0682. The fourth-order valence-corrected chi connectivity index (χ4v) is 8.14. The Bertz CT molecular complexity index is 2840. The van der Waals surface area contributed by atoms with E-state index in [1.165, 1.54) is 22.0 Å². The molecular formula is C44H29N3O. The molecule has 0 radical (unpaired) electrons. The third kappa shape index (κ3) is 3.59. The summed E-state index contributed by atoms with van der Waals surface area (Å²) in [6, 6.07) is 47.1. The molecule has 6 aromatic carbocycles. The van der Waals surface area contributed by atoms with Gasteiger partial charge in [-0.25, -0.2) is 0 Å². The number of furan rings is 1. The molecule has 0 saturated heterocycles. The van der Waals surface area contributed by atoms with Crippen molar-refractivity contribution >= 4 is 60.7 Å². The number of fused-ring (bicyclic) bond motifs is 10. The van der Waals surface area contributed by atoms with Gasteiger partial charge in [-0.2, -0.15) is 5.26 Å². The summed E-state index contributed by atoms with van der Waals surface area (Å²) in [4.78, 5) is 0. The van der Waals surface area contributed by atoms with Crippen molar-refractivity contribution in [1.82, 2.24) is 9.13 Å². The van der Waals surface area contributed by atoms with Gasteiger partial charge in [-0.1, -0.05) is 110 Å². The molecule has 4 heteroatoms. The summed E-state index contributed by atoms with van der Waals surface area (Å²) in [6.07, 6.45) is 5.48. The quantitative estimate of drug-likeness (QED) is 0.198. The van der Waals surface area contributed by atoms with Crippen LogP contribution >= 0.6 is 0 Å². The van der Waals surface area contributed by atoms with Gasteiger partial charge in [0.15, 0.2) is 5.58 Å². The SMILES string of the molecule is CC1CC=Cc2c1n(-c1c(C#N)cccc1-c1cccc3c1oc1c3ccc3c4ccccc4n(-c4ccccc4)c31)c1ccccc21. The predicted molar refractivity (Wildman–Crippen MR) is 197 cm³/mol. The van der Waals surface area contributed by atoms with Crippen LogP contribution < -0.4 is 0 Å². The number of nitriles is 1. The van der Waals surface area contributed by atoms with Crippen molar-refractivity contribution in [2.75, 3.05) is 0 Å². The smallest absolute Gasteiger partial charge is 0.160 e. The van der Waals surface area contributed by atoms with Crippen molar-refractivity contribution in [3.8, 4) is 28.6 Å². The Labute approximate surface area is 277 Å². The van der Waals surface area contributed by atoms with Crippen molar-refractivity contribution in [2.45, 2.75) is 19.3 Å². The Morgan fingerprint density at radius 3 is 2.12 bits per heavy atom. The fourth-order valence-electron chi connectivity index (χ4n) is 8.14. The lowest BCUT2D eigenvalue weighted by Crippen LogP contribution is -2.09. The average Bonchev–Trinajstić information content (AvgIpc) is 3.80. The number of allylic oxidation sites excluding steroid dienone is 1. The average molecular weight is 616 g/mol. The van der Waals surface area contributed by atoms with E-state index in [-0.39, 0.29) is 0 Å². The van der Waals surface area contributed by atoms with Crippen LogP contribution in [0.25, 0.3) is 83.2 Å². The molecule has 3 aromatic heterocycles. The maximum Gasteiger partial charge on any atom is 0.160 e. The highest BCUT2D eigenvalue weighted by molar-refractivity contribution is 6.22. The van der Waals surface area contributed by atoms with Crippen LogP contribution in [0.2, 0.25) is 0 Å². The molecule has 0 fully saturated rings. The number of rotatable bonds is 3. The first-order valence-electron chi connectivity index (χ1n) is 16.5. The number of para-hydroxylation sites is 5. The summed E-state index contributed by atoms with van der Waals surface area (Å²) in [6.45, 7) is 2.28. The van der Waals surface area contributed by atoms with Gasteiger partial charge in [-0.15, -0.1) is 0 Å². The molecule has 0 bridgehead atoms. The monoisotopic (exact) mass is 615 g/mol. The lowest BCUT2D eigenvalue weighted by Gasteiger charge is -2.22. The maximum atomic E-state index is 10.6. The number of benzene rings is 6. The molecule has 0 N–H and O–H groups in total. The molecule has 0 aliphatic heterocycles. The largest absolute Gasteiger partial charge is 0.453 e. The molecule has 226 valence electrons. The first kappa shape index (κ1) is 26.9. The normalized spacial score (nSPS) is 14.4. The van der Waals surface area contributed by atoms with Crippen molar-refractivity contribution < 1.29 is 4.42 Å². The van der Waals surface area contributed by atoms with Gasteiger partial charge in [0.05, 0.1) is 27.8 Å². The van der Waals surface area contributed by atoms with Gasteiger partial charge in [-0.3, -0.25) is 0 Å². The minimum absolute atomic E-state index is 0.298. The van der Waals surface area contributed by atoms with Crippen LogP contribution in [0.4, 0.5) is 0 Å². The van der Waals surface area contributed by atoms with E-state index >= 15 is 0 Å². The van der Waals surface area contributed by atoms with Gasteiger partial charge < -0.3 is 13.6 Å². The number of hydrogen-bond acceptors (Lipinski definition) is 2. The van der Waals surface area contributed by atoms with E-state index in [0.717, 1.165) is 72.8 Å². The second-order valence-corrected chi connectivity index (χ2v) is 12.8. The van der Waals surface area contributed by atoms with Crippen molar-refractivity contribution in [2.24, 2.45) is 0 Å². The maximum absolute atomic E-state index is 10.6. The molecule has 3 heterocycles. The second-order valence-electron chi connectivity index (χ2n) is 12.8. The third-order valence-electron chi connectivity index (χ3n) is 10.2.